The smallest absolute Gasteiger partial charge is 0.349 e. The molecule has 1 aromatic heterocycles. The summed E-state index contributed by atoms with van der Waals surface area (Å²) in [4.78, 5) is 70.2. The van der Waals surface area contributed by atoms with Crippen molar-refractivity contribution in [3.63, 3.8) is 0 Å². The van der Waals surface area contributed by atoms with Gasteiger partial charge in [0, 0.05) is 35.3 Å². The van der Waals surface area contributed by atoms with Gasteiger partial charge in [-0.3, -0.25) is 29.0 Å². The highest BCUT2D eigenvalue weighted by atomic mass is 32.1. The number of nitrogens with two attached hydrogens (primary N) is 3. The fourth-order valence-electron chi connectivity index (χ4n) is 6.09. The van der Waals surface area contributed by atoms with Gasteiger partial charge in [0.2, 0.25) is 23.6 Å². The van der Waals surface area contributed by atoms with Crippen molar-refractivity contribution in [3.8, 4) is 0 Å². The van der Waals surface area contributed by atoms with Gasteiger partial charge in [-0.15, -0.1) is 0 Å². The minimum absolute atomic E-state index is 0.0187. The number of likely N-dealkylation sites (N-methyl/N-ethyl adjacent to an activating group) is 1. The van der Waals surface area contributed by atoms with Crippen LogP contribution >= 0.6 is 37.9 Å². The number of thiol groups is 3. The van der Waals surface area contributed by atoms with Crippen LogP contribution in [0, 0.1) is 0 Å². The number of nitrogens with zero attached hydrogens (tertiary/aromatic N) is 2. The molecule has 59 heavy (non-hydrogen) atoms. The Bertz CT molecular complexity index is 1850. The number of quaternary nitrogens is 1. The number of hydrogen-bond acceptors (Lipinski definition) is 12. The predicted molar refractivity (Wildman–Crippen MR) is 231 cm³/mol. The zero-order valence-electron chi connectivity index (χ0n) is 32.8. The highest BCUT2D eigenvalue weighted by Crippen LogP contribution is 2.29. The fourth-order valence-corrected chi connectivity index (χ4v) is 6.59. The Labute approximate surface area is 358 Å². The maximum atomic E-state index is 14.1. The Morgan fingerprint density at radius 1 is 0.729 bits per heavy atom. The molecule has 0 saturated heterocycles. The SMILES string of the molecule is C[N+](CCC[C@H](NC(=O)C(N)CS)C(=O)N[C@@H](Cc1ccc(C(F)(F)F)cc1)C(=O)Cc1cnc2ccccc2c1)(CCNC(=O)C(N)CS)CCNC(=O)C(N)CS. The Morgan fingerprint density at radius 2 is 1.27 bits per heavy atom. The average Bonchev–Trinajstić information content (AvgIpc) is 3.21. The number of benzene rings is 2. The zero-order valence-corrected chi connectivity index (χ0v) is 35.5. The van der Waals surface area contributed by atoms with E-state index in [-0.39, 0.29) is 61.4 Å². The van der Waals surface area contributed by atoms with E-state index in [1.165, 1.54) is 12.1 Å². The summed E-state index contributed by atoms with van der Waals surface area (Å²) in [7, 11) is 1.90. The van der Waals surface area contributed by atoms with E-state index in [2.05, 4.69) is 64.1 Å². The number of rotatable bonds is 24. The van der Waals surface area contributed by atoms with Crippen molar-refractivity contribution in [3.05, 3.63) is 77.5 Å². The molecule has 0 aliphatic rings. The van der Waals surface area contributed by atoms with Gasteiger partial charge in [0.1, 0.15) is 6.04 Å². The van der Waals surface area contributed by atoms with Crippen molar-refractivity contribution < 1.29 is 41.6 Å². The van der Waals surface area contributed by atoms with Gasteiger partial charge in [-0.25, -0.2) is 0 Å². The first-order chi connectivity index (χ1) is 27.9. The molecule has 0 fully saturated rings. The minimum Gasteiger partial charge on any atom is -0.349 e. The summed E-state index contributed by atoms with van der Waals surface area (Å²) in [5.41, 5.74) is 18.3. The number of amides is 4. The lowest BCUT2D eigenvalue weighted by molar-refractivity contribution is -0.907. The molecule has 0 bridgehead atoms. The second kappa shape index (κ2) is 23.8. The molecule has 14 nitrogen and oxygen atoms in total. The molecule has 3 unspecified atom stereocenters. The molecule has 0 aliphatic heterocycles. The van der Waals surface area contributed by atoms with E-state index < -0.39 is 59.5 Å². The van der Waals surface area contributed by atoms with Gasteiger partial charge < -0.3 is 43.0 Å². The van der Waals surface area contributed by atoms with Gasteiger partial charge in [-0.2, -0.15) is 51.1 Å². The highest BCUT2D eigenvalue weighted by Gasteiger charge is 2.32. The fraction of sp³-hybridized carbons (Fsp3) is 0.487. The van der Waals surface area contributed by atoms with Gasteiger partial charge in [0.25, 0.3) is 0 Å². The van der Waals surface area contributed by atoms with Crippen molar-refractivity contribution in [2.24, 2.45) is 17.2 Å². The number of halogens is 3. The molecule has 20 heteroatoms. The normalized spacial score (nSPS) is 15.2. The summed E-state index contributed by atoms with van der Waals surface area (Å²) in [6, 6.07) is 8.39. The van der Waals surface area contributed by atoms with Crippen molar-refractivity contribution in [1.29, 1.82) is 0 Å². The summed E-state index contributed by atoms with van der Waals surface area (Å²) < 4.78 is 40.3. The first kappa shape index (κ1) is 49.4. The van der Waals surface area contributed by atoms with Crippen LogP contribution in [0.4, 0.5) is 13.2 Å². The van der Waals surface area contributed by atoms with E-state index in [0.717, 1.165) is 23.0 Å². The van der Waals surface area contributed by atoms with Gasteiger partial charge in [-0.05, 0) is 54.7 Å². The lowest BCUT2D eigenvalue weighted by atomic mass is 9.96. The summed E-state index contributed by atoms with van der Waals surface area (Å²) in [5, 5.41) is 11.8. The van der Waals surface area contributed by atoms with Crippen molar-refractivity contribution in [1.82, 2.24) is 26.3 Å². The first-order valence-corrected chi connectivity index (χ1v) is 20.9. The van der Waals surface area contributed by atoms with E-state index in [4.69, 9.17) is 17.2 Å². The lowest BCUT2D eigenvalue weighted by Crippen LogP contribution is -2.56. The zero-order chi connectivity index (χ0) is 43.8. The molecule has 5 atom stereocenters. The van der Waals surface area contributed by atoms with Crippen molar-refractivity contribution >= 4 is 78.2 Å². The van der Waals surface area contributed by atoms with Crippen LogP contribution in [0.2, 0.25) is 0 Å². The van der Waals surface area contributed by atoms with E-state index >= 15 is 0 Å². The first-order valence-electron chi connectivity index (χ1n) is 19.0. The van der Waals surface area contributed by atoms with Crippen LogP contribution < -0.4 is 38.5 Å². The summed E-state index contributed by atoms with van der Waals surface area (Å²) >= 11 is 12.3. The molecular weight excluding hydrogens is 828 g/mol. The summed E-state index contributed by atoms with van der Waals surface area (Å²) in [6.07, 6.45) is -2.89. The number of carbonyl (C=O) groups is 5. The highest BCUT2D eigenvalue weighted by molar-refractivity contribution is 7.80. The number of carbonyl (C=O) groups excluding carboxylic acids is 5. The molecule has 3 rings (SSSR count). The summed E-state index contributed by atoms with van der Waals surface area (Å²) in [6.45, 7) is 1.68. The molecule has 3 aromatic rings. The minimum atomic E-state index is -4.57. The second-order valence-electron chi connectivity index (χ2n) is 14.6. The maximum absolute atomic E-state index is 14.1. The van der Waals surface area contributed by atoms with Crippen LogP contribution in [0.3, 0.4) is 0 Å². The van der Waals surface area contributed by atoms with Crippen LogP contribution in [-0.4, -0.2) is 126 Å². The van der Waals surface area contributed by atoms with Gasteiger partial charge in [0.05, 0.1) is 75.0 Å². The average molecular weight is 883 g/mol. The maximum Gasteiger partial charge on any atom is 0.416 e. The second-order valence-corrected chi connectivity index (χ2v) is 15.7. The van der Waals surface area contributed by atoms with Crippen LogP contribution in [-0.2, 0) is 43.0 Å². The molecule has 324 valence electrons. The van der Waals surface area contributed by atoms with Crippen LogP contribution in [0.25, 0.3) is 10.9 Å². The van der Waals surface area contributed by atoms with E-state index in [1.54, 1.807) is 12.3 Å². The third kappa shape index (κ3) is 16.2. The number of ketones is 1. The number of Topliss-reactive ketones (excluding diaryl/α,β-unsaturated/α-hetero) is 1. The van der Waals surface area contributed by atoms with E-state index in [1.807, 2.05) is 31.3 Å². The predicted octanol–water partition coefficient (Wildman–Crippen LogP) is 0.808. The number of hydrogen-bond donors (Lipinski definition) is 10. The Balaban J connectivity index is 1.86. The number of pyridine rings is 1. The quantitative estimate of drug-likeness (QED) is 0.0454. The van der Waals surface area contributed by atoms with E-state index in [0.29, 0.717) is 41.7 Å². The van der Waals surface area contributed by atoms with E-state index in [9.17, 15) is 37.1 Å². The number of alkyl halides is 3. The number of aromatic nitrogens is 1. The van der Waals surface area contributed by atoms with Gasteiger partial charge >= 0.3 is 6.18 Å². The molecule has 1 heterocycles. The Hall–Kier alpha value is -3.92. The monoisotopic (exact) mass is 882 g/mol. The largest absolute Gasteiger partial charge is 0.416 e. The van der Waals surface area contributed by atoms with Crippen molar-refractivity contribution in [2.75, 3.05) is 57.0 Å². The number of nitrogens with one attached hydrogen (secondary N) is 4. The Kier molecular flexibility index (Phi) is 19.9. The lowest BCUT2D eigenvalue weighted by Gasteiger charge is -2.35. The molecule has 2 aromatic carbocycles. The summed E-state index contributed by atoms with van der Waals surface area (Å²) in [5.74, 6) is -2.27. The third-order valence-electron chi connectivity index (χ3n) is 9.78. The third-order valence-corrected chi connectivity index (χ3v) is 11.0. The molecule has 10 N–H and O–H groups in total. The molecule has 0 spiro atoms. The number of fused-ring (bicyclic) bond motifs is 1. The molecule has 0 radical (unpaired) electrons. The van der Waals surface area contributed by atoms with Crippen LogP contribution in [0.15, 0.2) is 60.8 Å². The molecular formula is C39H55F3N9O5S3+. The Morgan fingerprint density at radius 3 is 1.83 bits per heavy atom. The van der Waals surface area contributed by atoms with Crippen molar-refractivity contribution in [2.45, 2.75) is 62.1 Å². The van der Waals surface area contributed by atoms with Crippen LogP contribution in [0.5, 0.6) is 0 Å². The molecule has 0 aliphatic carbocycles. The van der Waals surface area contributed by atoms with Gasteiger partial charge in [0.15, 0.2) is 5.78 Å². The molecule has 4 amide bonds. The van der Waals surface area contributed by atoms with Crippen LogP contribution in [0.1, 0.15) is 29.5 Å². The molecule has 0 saturated carbocycles. The standard InChI is InChI=1S/C39H54F3N9O5S3/c1-51(15-12-46-35(53)28(43)21-57,16-13-47-36(54)29(44)22-58)14-4-7-32(49-37(55)30(45)23-59)38(56)50-33(18-24-8-10-27(11-9-24)39(40,41)42)34(52)19-25-17-26-5-2-3-6-31(26)48-20-25/h2-3,5-6,8-11,17,20,28-30,32-33H,4,7,12-16,18-19,21-23,43-45H2,1H3,(H6-,46,47,49,50,53,54,55,56,57,58,59)/p+1/t28?,29?,30?,32-,33-,51?/m0/s1. The topological polar surface area (TPSA) is 224 Å². The van der Waals surface area contributed by atoms with Gasteiger partial charge in [-0.1, -0.05) is 30.3 Å². The number of para-hydroxylation sites is 1.